The van der Waals surface area contributed by atoms with Gasteiger partial charge in [0.05, 0.1) is 5.92 Å². The Morgan fingerprint density at radius 3 is 2.55 bits per heavy atom. The Balaban J connectivity index is 1.54. The van der Waals surface area contributed by atoms with Gasteiger partial charge in [-0.25, -0.2) is 4.39 Å². The number of benzene rings is 1. The van der Waals surface area contributed by atoms with Crippen LogP contribution in [0.3, 0.4) is 0 Å². The average Bonchev–Trinajstić information content (AvgIpc) is 3.33. The van der Waals surface area contributed by atoms with E-state index in [2.05, 4.69) is 39.6 Å². The van der Waals surface area contributed by atoms with Crippen LogP contribution in [0, 0.1) is 11.7 Å². The highest BCUT2D eigenvalue weighted by Gasteiger charge is 2.30. The molecule has 178 valence electrons. The molecule has 11 heteroatoms. The van der Waals surface area contributed by atoms with Gasteiger partial charge in [0.15, 0.2) is 0 Å². The Kier molecular flexibility index (Phi) is 8.84. The summed E-state index contributed by atoms with van der Waals surface area (Å²) < 4.78 is 13.0. The summed E-state index contributed by atoms with van der Waals surface area (Å²) in [4.78, 5) is 41.7. The fourth-order valence-corrected chi connectivity index (χ4v) is 4.36. The predicted molar refractivity (Wildman–Crippen MR) is 124 cm³/mol. The van der Waals surface area contributed by atoms with Crippen molar-refractivity contribution in [2.75, 3.05) is 44.6 Å². The molecule has 1 aromatic carbocycles. The van der Waals surface area contributed by atoms with Crippen molar-refractivity contribution in [3.8, 4) is 0 Å². The number of carbonyl (C=O) groups excluding carboxylic acids is 3. The summed E-state index contributed by atoms with van der Waals surface area (Å²) in [5.41, 5.74) is 0.412. The fourth-order valence-electron chi connectivity index (χ4n) is 3.65. The van der Waals surface area contributed by atoms with Crippen LogP contribution in [-0.2, 0) is 4.79 Å². The largest absolute Gasteiger partial charge is 0.355 e. The molecule has 0 spiro atoms. The summed E-state index contributed by atoms with van der Waals surface area (Å²) in [6, 6.07) is 5.33. The molecule has 1 aliphatic heterocycles. The Morgan fingerprint density at radius 1 is 1.15 bits per heavy atom. The molecule has 0 saturated carbocycles. The number of hydrogen-bond acceptors (Lipinski definition) is 7. The van der Waals surface area contributed by atoms with Crippen LogP contribution in [-0.4, -0.2) is 77.0 Å². The highest BCUT2D eigenvalue weighted by Crippen LogP contribution is 2.21. The van der Waals surface area contributed by atoms with Crippen molar-refractivity contribution in [1.82, 2.24) is 25.3 Å². The second-order valence-electron chi connectivity index (χ2n) is 7.78. The lowest BCUT2D eigenvalue weighted by atomic mass is 9.97. The zero-order chi connectivity index (χ0) is 23.8. The number of carbonyl (C=O) groups is 3. The first-order valence-electron chi connectivity index (χ1n) is 11.1. The van der Waals surface area contributed by atoms with Gasteiger partial charge in [0.1, 0.15) is 5.82 Å². The average molecular weight is 477 g/mol. The summed E-state index contributed by atoms with van der Waals surface area (Å²) in [5, 5.41) is 13.4. The highest BCUT2D eigenvalue weighted by atomic mass is 32.1. The topological polar surface area (TPSA) is 108 Å². The normalized spacial score (nSPS) is 16.0. The molecule has 9 nitrogen and oxygen atoms in total. The second-order valence-corrected chi connectivity index (χ2v) is 8.76. The number of hydrogen-bond donors (Lipinski definition) is 2. The zero-order valence-electron chi connectivity index (χ0n) is 18.8. The molecule has 1 fully saturated rings. The molecular formula is C22H29FN6O3S. The van der Waals surface area contributed by atoms with Crippen LogP contribution in [0.4, 0.5) is 10.1 Å². The van der Waals surface area contributed by atoms with E-state index in [0.717, 1.165) is 43.8 Å². The number of piperidine rings is 1. The first-order chi connectivity index (χ1) is 15.9. The Morgan fingerprint density at radius 2 is 1.85 bits per heavy atom. The van der Waals surface area contributed by atoms with Crippen LogP contribution in [0.2, 0.25) is 0 Å². The minimum atomic E-state index is -0.526. The standard InChI is InChI=1S/C22H29FN6O3S/c1-3-28(4-2)13-11-24-18(30)15-6-5-12-29(14-15)22(32)21-27-26-20(33-21)19(31)25-17-9-7-16(23)8-10-17/h7-10,15H,3-6,11-14H2,1-2H3,(H,24,30)(H,25,31)/t15-/m1/s1. The third-order valence-corrected chi connectivity index (χ3v) is 6.52. The van der Waals surface area contributed by atoms with Crippen molar-refractivity contribution in [3.63, 3.8) is 0 Å². The minimum Gasteiger partial charge on any atom is -0.355 e. The number of halogens is 1. The van der Waals surface area contributed by atoms with Crippen LogP contribution in [0.5, 0.6) is 0 Å². The van der Waals surface area contributed by atoms with E-state index in [0.29, 0.717) is 25.3 Å². The smallest absolute Gasteiger partial charge is 0.286 e. The van der Waals surface area contributed by atoms with Crippen LogP contribution < -0.4 is 10.6 Å². The van der Waals surface area contributed by atoms with Crippen molar-refractivity contribution in [3.05, 3.63) is 40.1 Å². The second kappa shape index (κ2) is 11.8. The van der Waals surface area contributed by atoms with Gasteiger partial charge in [-0.05, 0) is 50.2 Å². The molecule has 0 aliphatic carbocycles. The van der Waals surface area contributed by atoms with E-state index in [1.807, 2.05) is 0 Å². The number of anilines is 1. The Bertz CT molecular complexity index is 963. The van der Waals surface area contributed by atoms with Gasteiger partial charge >= 0.3 is 0 Å². The maximum atomic E-state index is 13.0. The van der Waals surface area contributed by atoms with Crippen LogP contribution >= 0.6 is 11.3 Å². The van der Waals surface area contributed by atoms with E-state index >= 15 is 0 Å². The minimum absolute atomic E-state index is 0.0328. The maximum Gasteiger partial charge on any atom is 0.286 e. The molecule has 33 heavy (non-hydrogen) atoms. The van der Waals surface area contributed by atoms with E-state index in [1.165, 1.54) is 24.3 Å². The third-order valence-electron chi connectivity index (χ3n) is 5.61. The quantitative estimate of drug-likeness (QED) is 0.575. The molecule has 3 rings (SSSR count). The van der Waals surface area contributed by atoms with Crippen molar-refractivity contribution in [2.45, 2.75) is 26.7 Å². The molecule has 0 radical (unpaired) electrons. The van der Waals surface area contributed by atoms with E-state index in [1.54, 1.807) is 4.90 Å². The number of rotatable bonds is 9. The molecule has 1 atom stereocenters. The van der Waals surface area contributed by atoms with Crippen molar-refractivity contribution in [1.29, 1.82) is 0 Å². The number of aromatic nitrogens is 2. The summed E-state index contributed by atoms with van der Waals surface area (Å²) in [5.74, 6) is -1.59. The first-order valence-corrected chi connectivity index (χ1v) is 11.9. The number of nitrogens with zero attached hydrogens (tertiary/aromatic N) is 4. The van der Waals surface area contributed by atoms with Gasteiger partial charge in [-0.2, -0.15) is 0 Å². The molecular weight excluding hydrogens is 447 g/mol. The lowest BCUT2D eigenvalue weighted by molar-refractivity contribution is -0.126. The lowest BCUT2D eigenvalue weighted by Crippen LogP contribution is -2.46. The third kappa shape index (κ3) is 6.78. The highest BCUT2D eigenvalue weighted by molar-refractivity contribution is 7.15. The van der Waals surface area contributed by atoms with Crippen molar-refractivity contribution >= 4 is 34.7 Å². The van der Waals surface area contributed by atoms with Gasteiger partial charge in [0, 0.05) is 31.9 Å². The molecule has 2 N–H and O–H groups in total. The number of likely N-dealkylation sites (tertiary alicyclic amines) is 1. The molecule has 0 bridgehead atoms. The molecule has 1 saturated heterocycles. The molecule has 2 aromatic rings. The molecule has 1 aliphatic rings. The fraction of sp³-hybridized carbons (Fsp3) is 0.500. The summed E-state index contributed by atoms with van der Waals surface area (Å²) in [6.45, 7) is 8.25. The van der Waals surface area contributed by atoms with Gasteiger partial charge in [0.2, 0.25) is 15.9 Å². The summed E-state index contributed by atoms with van der Waals surface area (Å²) in [6.07, 6.45) is 1.44. The van der Waals surface area contributed by atoms with Gasteiger partial charge < -0.3 is 20.4 Å². The predicted octanol–water partition coefficient (Wildman–Crippen LogP) is 2.24. The summed E-state index contributed by atoms with van der Waals surface area (Å²) in [7, 11) is 0. The zero-order valence-corrected chi connectivity index (χ0v) is 19.7. The molecule has 2 heterocycles. The van der Waals surface area contributed by atoms with Crippen molar-refractivity contribution < 1.29 is 18.8 Å². The number of likely N-dealkylation sites (N-methyl/N-ethyl adjacent to an activating group) is 1. The van der Waals surface area contributed by atoms with E-state index in [-0.39, 0.29) is 27.7 Å². The van der Waals surface area contributed by atoms with E-state index in [4.69, 9.17) is 0 Å². The van der Waals surface area contributed by atoms with E-state index < -0.39 is 11.7 Å². The van der Waals surface area contributed by atoms with Gasteiger partial charge in [-0.15, -0.1) is 10.2 Å². The van der Waals surface area contributed by atoms with Crippen LogP contribution in [0.15, 0.2) is 24.3 Å². The molecule has 0 unspecified atom stereocenters. The van der Waals surface area contributed by atoms with Gasteiger partial charge in [-0.1, -0.05) is 25.2 Å². The summed E-state index contributed by atoms with van der Waals surface area (Å²) >= 11 is 0.891. The first kappa shape index (κ1) is 24.7. The Hall–Kier alpha value is -2.92. The maximum absolute atomic E-state index is 13.0. The van der Waals surface area contributed by atoms with E-state index in [9.17, 15) is 18.8 Å². The van der Waals surface area contributed by atoms with Crippen molar-refractivity contribution in [2.24, 2.45) is 5.92 Å². The monoisotopic (exact) mass is 476 g/mol. The SMILES string of the molecule is CCN(CC)CCNC(=O)[C@@H]1CCCN(C(=O)c2nnc(C(=O)Nc3ccc(F)cc3)s2)C1. The molecule has 3 amide bonds. The van der Waals surface area contributed by atoms with Gasteiger partial charge in [-0.3, -0.25) is 14.4 Å². The molecule has 1 aromatic heterocycles. The number of amides is 3. The number of nitrogens with one attached hydrogen (secondary N) is 2. The Labute approximate surface area is 196 Å². The van der Waals surface area contributed by atoms with Crippen LogP contribution in [0.25, 0.3) is 0 Å². The lowest BCUT2D eigenvalue weighted by Gasteiger charge is -2.31. The van der Waals surface area contributed by atoms with Gasteiger partial charge in [0.25, 0.3) is 11.8 Å². The van der Waals surface area contributed by atoms with Crippen LogP contribution in [0.1, 0.15) is 46.3 Å².